The van der Waals surface area contributed by atoms with Crippen LogP contribution in [0.25, 0.3) is 0 Å². The molecule has 0 amide bonds. The highest BCUT2D eigenvalue weighted by molar-refractivity contribution is 9.10. The predicted molar refractivity (Wildman–Crippen MR) is 114 cm³/mol. The average molecular weight is 470 g/mol. The van der Waals surface area contributed by atoms with Crippen LogP contribution in [0.1, 0.15) is 37.4 Å². The summed E-state index contributed by atoms with van der Waals surface area (Å²) in [5, 5.41) is 0. The van der Waals surface area contributed by atoms with Gasteiger partial charge in [0, 0.05) is 22.6 Å². The van der Waals surface area contributed by atoms with Crippen LogP contribution in [0.3, 0.4) is 0 Å². The molecule has 3 aromatic carbocycles. The number of hydrogen-bond donors (Lipinski definition) is 0. The molecule has 1 aliphatic rings. The molecule has 4 rings (SSSR count). The van der Waals surface area contributed by atoms with Crippen LogP contribution in [-0.4, -0.2) is 27.0 Å². The van der Waals surface area contributed by atoms with Crippen LogP contribution in [0.15, 0.2) is 70.0 Å². The van der Waals surface area contributed by atoms with E-state index in [4.69, 9.17) is 0 Å². The summed E-state index contributed by atoms with van der Waals surface area (Å²) < 4.78 is 27.8. The van der Waals surface area contributed by atoms with Gasteiger partial charge in [-0.25, -0.2) is 8.42 Å². The summed E-state index contributed by atoms with van der Waals surface area (Å²) >= 11 is 3.35. The summed E-state index contributed by atoms with van der Waals surface area (Å²) in [6, 6.07) is 16.2. The second-order valence-corrected chi connectivity index (χ2v) is 9.63. The van der Waals surface area contributed by atoms with Crippen LogP contribution in [-0.2, 0) is 10.0 Å². The zero-order valence-electron chi connectivity index (χ0n) is 15.6. The van der Waals surface area contributed by atoms with Crippen LogP contribution in [0.2, 0.25) is 0 Å². The van der Waals surface area contributed by atoms with Crippen molar-refractivity contribution in [3.63, 3.8) is 0 Å². The lowest BCUT2D eigenvalue weighted by Gasteiger charge is -2.26. The molecule has 5 nitrogen and oxygen atoms in total. The van der Waals surface area contributed by atoms with E-state index in [1.54, 1.807) is 42.5 Å². The molecular weight excluding hydrogens is 454 g/mol. The molecule has 0 bridgehead atoms. The first kappa shape index (κ1) is 19.5. The van der Waals surface area contributed by atoms with Crippen molar-refractivity contribution in [2.24, 2.45) is 0 Å². The minimum atomic E-state index is -3.92. The van der Waals surface area contributed by atoms with E-state index in [2.05, 4.69) is 15.9 Å². The molecular formula is C22H16BrNO4S. The summed E-state index contributed by atoms with van der Waals surface area (Å²) in [6.07, 6.45) is 0. The van der Waals surface area contributed by atoms with Crippen molar-refractivity contribution in [3.05, 3.63) is 93.0 Å². The Balaban J connectivity index is 1.92. The fraction of sp³-hybridized carbons (Fsp3) is 0.0909. The van der Waals surface area contributed by atoms with E-state index in [0.29, 0.717) is 10.0 Å². The molecule has 0 spiro atoms. The van der Waals surface area contributed by atoms with Gasteiger partial charge in [0.15, 0.2) is 11.6 Å². The maximum absolute atomic E-state index is 13.2. The van der Waals surface area contributed by atoms with Gasteiger partial charge in [0.25, 0.3) is 10.0 Å². The van der Waals surface area contributed by atoms with Gasteiger partial charge in [0.05, 0.1) is 21.7 Å². The first-order valence-electron chi connectivity index (χ1n) is 8.80. The van der Waals surface area contributed by atoms with Crippen LogP contribution >= 0.6 is 15.9 Å². The lowest BCUT2D eigenvalue weighted by Crippen LogP contribution is -2.31. The normalized spacial score (nSPS) is 13.1. The topological polar surface area (TPSA) is 71.5 Å². The second kappa shape index (κ2) is 6.93. The highest BCUT2D eigenvalue weighted by atomic mass is 79.9. The van der Waals surface area contributed by atoms with Crippen LogP contribution in [0.5, 0.6) is 0 Å². The van der Waals surface area contributed by atoms with E-state index in [1.165, 1.54) is 25.2 Å². The van der Waals surface area contributed by atoms with E-state index in [9.17, 15) is 18.0 Å². The van der Waals surface area contributed by atoms with Gasteiger partial charge in [-0.3, -0.25) is 13.9 Å². The molecule has 0 heterocycles. The van der Waals surface area contributed by atoms with Crippen LogP contribution in [0.4, 0.5) is 5.69 Å². The second-order valence-electron chi connectivity index (χ2n) is 6.81. The molecule has 146 valence electrons. The Morgan fingerprint density at radius 1 is 0.793 bits per heavy atom. The Hall–Kier alpha value is -2.77. The maximum Gasteiger partial charge on any atom is 0.264 e. The minimum absolute atomic E-state index is 0.0845. The Kier molecular flexibility index (Phi) is 4.67. The van der Waals surface area contributed by atoms with Crippen molar-refractivity contribution in [2.75, 3.05) is 11.4 Å². The molecule has 3 aromatic rings. The van der Waals surface area contributed by atoms with Crippen molar-refractivity contribution >= 4 is 43.2 Å². The molecule has 0 unspecified atom stereocenters. The third-order valence-electron chi connectivity index (χ3n) is 5.02. The number of carbonyl (C=O) groups is 2. The monoisotopic (exact) mass is 469 g/mol. The van der Waals surface area contributed by atoms with Crippen molar-refractivity contribution in [2.45, 2.75) is 11.8 Å². The first-order chi connectivity index (χ1) is 13.7. The molecule has 0 saturated carbocycles. The fourth-order valence-corrected chi connectivity index (χ4v) is 5.14. The van der Waals surface area contributed by atoms with Gasteiger partial charge >= 0.3 is 0 Å². The molecule has 0 N–H and O–H groups in total. The van der Waals surface area contributed by atoms with Gasteiger partial charge < -0.3 is 0 Å². The van der Waals surface area contributed by atoms with Gasteiger partial charge in [-0.1, -0.05) is 57.9 Å². The van der Waals surface area contributed by atoms with Gasteiger partial charge in [0.2, 0.25) is 0 Å². The summed E-state index contributed by atoms with van der Waals surface area (Å²) in [5.41, 5.74) is 1.94. The molecule has 0 fully saturated rings. The third kappa shape index (κ3) is 3.01. The number of sulfonamides is 1. The summed E-state index contributed by atoms with van der Waals surface area (Å²) in [5.74, 6) is -0.692. The number of hydrogen-bond acceptors (Lipinski definition) is 4. The third-order valence-corrected chi connectivity index (χ3v) is 7.47. The quantitative estimate of drug-likeness (QED) is 0.446. The molecule has 0 saturated heterocycles. The van der Waals surface area contributed by atoms with E-state index in [0.717, 1.165) is 9.87 Å². The zero-order valence-corrected chi connectivity index (χ0v) is 18.0. The van der Waals surface area contributed by atoms with Gasteiger partial charge in [-0.05, 0) is 31.2 Å². The molecule has 0 radical (unpaired) electrons. The van der Waals surface area contributed by atoms with Gasteiger partial charge in [-0.15, -0.1) is 0 Å². The highest BCUT2D eigenvalue weighted by Crippen LogP contribution is 2.38. The maximum atomic E-state index is 13.2. The Morgan fingerprint density at radius 2 is 1.34 bits per heavy atom. The van der Waals surface area contributed by atoms with Crippen molar-refractivity contribution in [1.29, 1.82) is 0 Å². The van der Waals surface area contributed by atoms with Crippen molar-refractivity contribution in [1.82, 2.24) is 0 Å². The predicted octanol–water partition coefficient (Wildman–Crippen LogP) is 4.36. The fourth-order valence-electron chi connectivity index (χ4n) is 3.43. The Labute approximate surface area is 177 Å². The molecule has 7 heteroatoms. The summed E-state index contributed by atoms with van der Waals surface area (Å²) in [6.45, 7) is 1.87. The van der Waals surface area contributed by atoms with Crippen LogP contribution in [0, 0.1) is 6.92 Å². The zero-order chi connectivity index (χ0) is 20.9. The molecule has 29 heavy (non-hydrogen) atoms. The number of ketones is 2. The molecule has 0 atom stereocenters. The average Bonchev–Trinajstić information content (AvgIpc) is 2.71. The van der Waals surface area contributed by atoms with Gasteiger partial charge in [0.1, 0.15) is 0 Å². The lowest BCUT2D eigenvalue weighted by atomic mass is 9.83. The summed E-state index contributed by atoms with van der Waals surface area (Å²) in [7, 11) is -2.53. The molecule has 1 aliphatic carbocycles. The number of benzene rings is 3. The number of halogens is 1. The Bertz CT molecular complexity index is 1280. The van der Waals surface area contributed by atoms with Crippen molar-refractivity contribution in [3.8, 4) is 0 Å². The van der Waals surface area contributed by atoms with E-state index in [-0.39, 0.29) is 38.8 Å². The SMILES string of the molecule is Cc1ccc(S(=O)(=O)N(C)c2ccc(Br)c3c2C(=O)c2ccccc2C3=O)cc1. The smallest absolute Gasteiger partial charge is 0.264 e. The number of aryl methyl sites for hydroxylation is 1. The standard InChI is InChI=1S/C22H16BrNO4S/c1-13-7-9-14(10-8-13)29(27,28)24(2)18-12-11-17(23)19-20(18)22(26)16-6-4-3-5-15(16)21(19)25/h3-12H,1-2H3. The number of anilines is 1. The summed E-state index contributed by atoms with van der Waals surface area (Å²) in [4.78, 5) is 26.4. The Morgan fingerprint density at radius 3 is 1.93 bits per heavy atom. The van der Waals surface area contributed by atoms with Gasteiger partial charge in [-0.2, -0.15) is 0 Å². The number of carbonyl (C=O) groups excluding carboxylic acids is 2. The van der Waals surface area contributed by atoms with E-state index < -0.39 is 10.0 Å². The lowest BCUT2D eigenvalue weighted by molar-refractivity contribution is 0.0979. The van der Waals surface area contributed by atoms with E-state index in [1.807, 2.05) is 6.92 Å². The van der Waals surface area contributed by atoms with E-state index >= 15 is 0 Å². The molecule has 0 aliphatic heterocycles. The van der Waals surface area contributed by atoms with Crippen LogP contribution < -0.4 is 4.31 Å². The van der Waals surface area contributed by atoms with Crippen molar-refractivity contribution < 1.29 is 18.0 Å². The number of fused-ring (bicyclic) bond motifs is 2. The first-order valence-corrected chi connectivity index (χ1v) is 11.0. The minimum Gasteiger partial charge on any atom is -0.289 e. The highest BCUT2D eigenvalue weighted by Gasteiger charge is 2.36. The largest absolute Gasteiger partial charge is 0.289 e. The molecule has 0 aromatic heterocycles. The number of nitrogens with zero attached hydrogens (tertiary/aromatic N) is 1. The number of rotatable bonds is 3.